The van der Waals surface area contributed by atoms with Gasteiger partial charge < -0.3 is 10.1 Å². The minimum Gasteiger partial charge on any atom is -0.495 e. The van der Waals surface area contributed by atoms with Gasteiger partial charge in [0.25, 0.3) is 5.91 Å². The molecule has 0 saturated heterocycles. The standard InChI is InChI=1S/C21H25N3O4S2/c1-5-24(6-2)30(26,27)20-12-16(8-10-18(20)28-4)21(25)23-14(3)15-7-9-17-19(11-15)29-13-22-17/h7-14H,5-6H2,1-4H3,(H,23,25). The Balaban J connectivity index is 1.88. The van der Waals surface area contributed by atoms with E-state index in [2.05, 4.69) is 10.3 Å². The number of methoxy groups -OCH3 is 1. The van der Waals surface area contributed by atoms with Crippen molar-refractivity contribution in [2.45, 2.75) is 31.7 Å². The number of thiazole rings is 1. The predicted octanol–water partition coefficient (Wildman–Crippen LogP) is 3.83. The van der Waals surface area contributed by atoms with Crippen LogP contribution in [0.2, 0.25) is 0 Å². The Labute approximate surface area is 180 Å². The van der Waals surface area contributed by atoms with Gasteiger partial charge in [-0.1, -0.05) is 19.9 Å². The van der Waals surface area contributed by atoms with Gasteiger partial charge >= 0.3 is 0 Å². The van der Waals surface area contributed by atoms with Crippen molar-refractivity contribution in [1.29, 1.82) is 0 Å². The van der Waals surface area contributed by atoms with E-state index in [1.54, 1.807) is 36.8 Å². The number of hydrogen-bond acceptors (Lipinski definition) is 6. The molecular weight excluding hydrogens is 422 g/mol. The van der Waals surface area contributed by atoms with Crippen molar-refractivity contribution in [2.75, 3.05) is 20.2 Å². The second-order valence-corrected chi connectivity index (χ2v) is 9.52. The number of nitrogens with one attached hydrogen (secondary N) is 1. The van der Waals surface area contributed by atoms with Crippen molar-refractivity contribution in [3.8, 4) is 5.75 Å². The maximum Gasteiger partial charge on any atom is 0.251 e. The van der Waals surface area contributed by atoms with Crippen LogP contribution in [0.5, 0.6) is 5.75 Å². The lowest BCUT2D eigenvalue weighted by Gasteiger charge is -2.21. The van der Waals surface area contributed by atoms with Gasteiger partial charge in [-0.05, 0) is 42.8 Å². The van der Waals surface area contributed by atoms with Crippen molar-refractivity contribution in [3.05, 3.63) is 53.0 Å². The molecule has 7 nitrogen and oxygen atoms in total. The van der Waals surface area contributed by atoms with Crippen LogP contribution < -0.4 is 10.1 Å². The van der Waals surface area contributed by atoms with Gasteiger partial charge in [0.15, 0.2) is 0 Å². The minimum absolute atomic E-state index is 0.0138. The highest BCUT2D eigenvalue weighted by molar-refractivity contribution is 7.89. The maximum absolute atomic E-state index is 13.0. The van der Waals surface area contributed by atoms with Crippen LogP contribution in [0.1, 0.15) is 42.7 Å². The van der Waals surface area contributed by atoms with E-state index in [0.29, 0.717) is 13.1 Å². The van der Waals surface area contributed by atoms with Gasteiger partial charge in [0, 0.05) is 18.7 Å². The van der Waals surface area contributed by atoms with Crippen molar-refractivity contribution in [2.24, 2.45) is 0 Å². The number of rotatable bonds is 8. The monoisotopic (exact) mass is 447 g/mol. The molecule has 30 heavy (non-hydrogen) atoms. The molecule has 0 aliphatic carbocycles. The molecule has 1 atom stereocenters. The number of ether oxygens (including phenoxy) is 1. The molecule has 1 N–H and O–H groups in total. The van der Waals surface area contributed by atoms with E-state index < -0.39 is 10.0 Å². The molecule has 0 spiro atoms. The van der Waals surface area contributed by atoms with E-state index >= 15 is 0 Å². The van der Waals surface area contributed by atoms with E-state index in [1.807, 2.05) is 25.1 Å². The zero-order valence-electron chi connectivity index (χ0n) is 17.4. The number of aromatic nitrogens is 1. The molecule has 1 amide bonds. The summed E-state index contributed by atoms with van der Waals surface area (Å²) in [6, 6.07) is 10.1. The maximum atomic E-state index is 13.0. The molecule has 0 aliphatic heterocycles. The second-order valence-electron chi connectivity index (χ2n) is 6.73. The molecule has 1 heterocycles. The first-order valence-corrected chi connectivity index (χ1v) is 12.0. The van der Waals surface area contributed by atoms with Crippen LogP contribution in [0, 0.1) is 0 Å². The number of fused-ring (bicyclic) bond motifs is 1. The van der Waals surface area contributed by atoms with Crippen LogP contribution in [0.3, 0.4) is 0 Å². The van der Waals surface area contributed by atoms with Crippen LogP contribution in [0.4, 0.5) is 0 Å². The number of nitrogens with zero attached hydrogens (tertiary/aromatic N) is 2. The van der Waals surface area contributed by atoms with Gasteiger partial charge in [0.05, 0.1) is 28.9 Å². The van der Waals surface area contributed by atoms with E-state index in [9.17, 15) is 13.2 Å². The zero-order valence-corrected chi connectivity index (χ0v) is 19.0. The predicted molar refractivity (Wildman–Crippen MR) is 119 cm³/mol. The summed E-state index contributed by atoms with van der Waals surface area (Å²) in [5.74, 6) is -0.146. The van der Waals surface area contributed by atoms with Gasteiger partial charge in [-0.3, -0.25) is 4.79 Å². The molecular formula is C21H25N3O4S2. The number of carbonyl (C=O) groups is 1. The summed E-state index contributed by atoms with van der Waals surface area (Å²) in [5, 5.41) is 2.94. The third kappa shape index (κ3) is 4.33. The average Bonchev–Trinajstić information content (AvgIpc) is 3.21. The van der Waals surface area contributed by atoms with Gasteiger partial charge in [-0.25, -0.2) is 13.4 Å². The summed E-state index contributed by atoms with van der Waals surface area (Å²) in [4.78, 5) is 17.1. The van der Waals surface area contributed by atoms with Crippen LogP contribution in [-0.2, 0) is 10.0 Å². The molecule has 0 saturated carbocycles. The van der Waals surface area contributed by atoms with Crippen LogP contribution >= 0.6 is 11.3 Å². The van der Waals surface area contributed by atoms with E-state index in [0.717, 1.165) is 15.8 Å². The third-order valence-corrected chi connectivity index (χ3v) is 7.81. The highest BCUT2D eigenvalue weighted by Gasteiger charge is 2.27. The first kappa shape index (κ1) is 22.2. The molecule has 1 aromatic heterocycles. The summed E-state index contributed by atoms with van der Waals surface area (Å²) in [7, 11) is -2.37. The quantitative estimate of drug-likeness (QED) is 0.567. The molecule has 1 unspecified atom stereocenters. The average molecular weight is 448 g/mol. The van der Waals surface area contributed by atoms with E-state index in [-0.39, 0.29) is 28.2 Å². The molecule has 0 fully saturated rings. The molecule has 0 aliphatic rings. The SMILES string of the molecule is CCN(CC)S(=O)(=O)c1cc(C(=O)NC(C)c2ccc3ncsc3c2)ccc1OC. The summed E-state index contributed by atoms with van der Waals surface area (Å²) < 4.78 is 33.6. The van der Waals surface area contributed by atoms with Crippen LogP contribution in [0.15, 0.2) is 46.8 Å². The molecule has 0 radical (unpaired) electrons. The number of benzene rings is 2. The molecule has 0 bridgehead atoms. The summed E-state index contributed by atoms with van der Waals surface area (Å²) in [6.07, 6.45) is 0. The van der Waals surface area contributed by atoms with E-state index in [4.69, 9.17) is 4.74 Å². The Bertz CT molecular complexity index is 1150. The van der Waals surface area contributed by atoms with Crippen LogP contribution in [-0.4, -0.2) is 43.8 Å². The normalized spacial score (nSPS) is 12.8. The van der Waals surface area contributed by atoms with Crippen LogP contribution in [0.25, 0.3) is 10.2 Å². The van der Waals surface area contributed by atoms with Gasteiger partial charge in [-0.15, -0.1) is 11.3 Å². The lowest BCUT2D eigenvalue weighted by molar-refractivity contribution is 0.0939. The highest BCUT2D eigenvalue weighted by atomic mass is 32.2. The summed E-state index contributed by atoms with van der Waals surface area (Å²) in [5.41, 5.74) is 3.91. The lowest BCUT2D eigenvalue weighted by Crippen LogP contribution is -2.31. The number of hydrogen-bond donors (Lipinski definition) is 1. The fraction of sp³-hybridized carbons (Fsp3) is 0.333. The topological polar surface area (TPSA) is 88.6 Å². The molecule has 3 rings (SSSR count). The fourth-order valence-corrected chi connectivity index (χ4v) is 5.59. The third-order valence-electron chi connectivity index (χ3n) is 4.95. The first-order chi connectivity index (χ1) is 14.3. The first-order valence-electron chi connectivity index (χ1n) is 9.64. The molecule has 3 aromatic rings. The Morgan fingerprint density at radius 1 is 1.20 bits per heavy atom. The lowest BCUT2D eigenvalue weighted by atomic mass is 10.1. The van der Waals surface area contributed by atoms with E-state index in [1.165, 1.54) is 23.5 Å². The van der Waals surface area contributed by atoms with Gasteiger partial charge in [0.2, 0.25) is 10.0 Å². The number of carbonyl (C=O) groups excluding carboxylic acids is 1. The Morgan fingerprint density at radius 2 is 1.93 bits per heavy atom. The molecule has 160 valence electrons. The summed E-state index contributed by atoms with van der Waals surface area (Å²) in [6.45, 7) is 6.08. The Kier molecular flexibility index (Phi) is 6.74. The Hall–Kier alpha value is -2.49. The summed E-state index contributed by atoms with van der Waals surface area (Å²) >= 11 is 1.54. The fourth-order valence-electron chi connectivity index (χ4n) is 3.23. The molecule has 2 aromatic carbocycles. The second kappa shape index (κ2) is 9.11. The van der Waals surface area contributed by atoms with Gasteiger partial charge in [0.1, 0.15) is 10.6 Å². The number of sulfonamides is 1. The van der Waals surface area contributed by atoms with Crippen molar-refractivity contribution in [1.82, 2.24) is 14.6 Å². The van der Waals surface area contributed by atoms with Gasteiger partial charge in [-0.2, -0.15) is 4.31 Å². The highest BCUT2D eigenvalue weighted by Crippen LogP contribution is 2.28. The number of amides is 1. The van der Waals surface area contributed by atoms with Crippen molar-refractivity contribution in [3.63, 3.8) is 0 Å². The largest absolute Gasteiger partial charge is 0.495 e. The smallest absolute Gasteiger partial charge is 0.251 e. The van der Waals surface area contributed by atoms with Crippen molar-refractivity contribution >= 4 is 37.5 Å². The Morgan fingerprint density at radius 3 is 2.60 bits per heavy atom. The zero-order chi connectivity index (χ0) is 21.9. The van der Waals surface area contributed by atoms with Crippen molar-refractivity contribution < 1.29 is 17.9 Å². The minimum atomic E-state index is -3.78. The molecule has 9 heteroatoms.